The Labute approximate surface area is 85.3 Å². The SMILES string of the molecule is C=CCC(NCC)c1ncc(C)cn1. The van der Waals surface area contributed by atoms with Gasteiger partial charge in [-0.1, -0.05) is 13.0 Å². The molecule has 0 radical (unpaired) electrons. The fraction of sp³-hybridized carbons (Fsp3) is 0.455. The molecule has 0 saturated heterocycles. The molecule has 1 N–H and O–H groups in total. The van der Waals surface area contributed by atoms with Crippen LogP contribution < -0.4 is 5.32 Å². The topological polar surface area (TPSA) is 37.8 Å². The maximum absolute atomic E-state index is 4.29. The Morgan fingerprint density at radius 3 is 2.64 bits per heavy atom. The number of aryl methyl sites for hydroxylation is 1. The maximum Gasteiger partial charge on any atom is 0.145 e. The van der Waals surface area contributed by atoms with Gasteiger partial charge in [-0.05, 0) is 25.5 Å². The van der Waals surface area contributed by atoms with Gasteiger partial charge in [0.05, 0.1) is 6.04 Å². The quantitative estimate of drug-likeness (QED) is 0.723. The molecule has 3 nitrogen and oxygen atoms in total. The van der Waals surface area contributed by atoms with Gasteiger partial charge in [0, 0.05) is 12.4 Å². The van der Waals surface area contributed by atoms with E-state index in [9.17, 15) is 0 Å². The van der Waals surface area contributed by atoms with Crippen LogP contribution in [0.15, 0.2) is 25.0 Å². The van der Waals surface area contributed by atoms with E-state index < -0.39 is 0 Å². The van der Waals surface area contributed by atoms with E-state index in [4.69, 9.17) is 0 Å². The molecule has 14 heavy (non-hydrogen) atoms. The van der Waals surface area contributed by atoms with Crippen LogP contribution in [-0.4, -0.2) is 16.5 Å². The summed E-state index contributed by atoms with van der Waals surface area (Å²) < 4.78 is 0. The first kappa shape index (κ1) is 10.9. The summed E-state index contributed by atoms with van der Waals surface area (Å²) in [6.45, 7) is 8.70. The van der Waals surface area contributed by atoms with Crippen molar-refractivity contribution in [1.82, 2.24) is 15.3 Å². The highest BCUT2D eigenvalue weighted by atomic mass is 15.0. The number of hydrogen-bond donors (Lipinski definition) is 1. The average Bonchev–Trinajstić information content (AvgIpc) is 2.19. The molecular weight excluding hydrogens is 174 g/mol. The van der Waals surface area contributed by atoms with E-state index in [1.54, 1.807) is 0 Å². The van der Waals surface area contributed by atoms with Crippen LogP contribution >= 0.6 is 0 Å². The third-order valence-electron chi connectivity index (χ3n) is 1.97. The zero-order chi connectivity index (χ0) is 10.4. The van der Waals surface area contributed by atoms with Crippen LogP contribution in [0.25, 0.3) is 0 Å². The van der Waals surface area contributed by atoms with Crippen LogP contribution in [0.5, 0.6) is 0 Å². The van der Waals surface area contributed by atoms with Crippen LogP contribution in [0.1, 0.15) is 30.8 Å². The van der Waals surface area contributed by atoms with Crippen molar-refractivity contribution in [3.8, 4) is 0 Å². The molecule has 0 aliphatic carbocycles. The minimum absolute atomic E-state index is 0.193. The standard InChI is InChI=1S/C11H17N3/c1-4-6-10(12-5-2)11-13-7-9(3)8-14-11/h4,7-8,10,12H,1,5-6H2,2-3H3. The van der Waals surface area contributed by atoms with Gasteiger partial charge in [-0.25, -0.2) is 9.97 Å². The smallest absolute Gasteiger partial charge is 0.145 e. The van der Waals surface area contributed by atoms with E-state index in [0.29, 0.717) is 0 Å². The predicted molar refractivity (Wildman–Crippen MR) is 58.0 cm³/mol. The van der Waals surface area contributed by atoms with Crippen molar-refractivity contribution in [2.45, 2.75) is 26.3 Å². The lowest BCUT2D eigenvalue weighted by molar-refractivity contribution is 0.529. The van der Waals surface area contributed by atoms with Gasteiger partial charge in [0.25, 0.3) is 0 Å². The normalized spacial score (nSPS) is 12.4. The van der Waals surface area contributed by atoms with Gasteiger partial charge in [0.15, 0.2) is 0 Å². The molecule has 1 heterocycles. The van der Waals surface area contributed by atoms with Crippen LogP contribution in [0.3, 0.4) is 0 Å². The first-order chi connectivity index (χ1) is 6.77. The molecule has 0 aliphatic rings. The summed E-state index contributed by atoms with van der Waals surface area (Å²) in [5.41, 5.74) is 1.09. The molecule has 1 aromatic heterocycles. The summed E-state index contributed by atoms with van der Waals surface area (Å²) in [7, 11) is 0. The van der Waals surface area contributed by atoms with Gasteiger partial charge in [-0.15, -0.1) is 6.58 Å². The lowest BCUT2D eigenvalue weighted by atomic mass is 10.2. The highest BCUT2D eigenvalue weighted by molar-refractivity contribution is 5.05. The van der Waals surface area contributed by atoms with Crippen molar-refractivity contribution in [3.05, 3.63) is 36.4 Å². The van der Waals surface area contributed by atoms with E-state index in [1.165, 1.54) is 0 Å². The molecule has 0 fully saturated rings. The summed E-state index contributed by atoms with van der Waals surface area (Å²) in [4.78, 5) is 8.59. The van der Waals surface area contributed by atoms with Crippen molar-refractivity contribution in [3.63, 3.8) is 0 Å². The van der Waals surface area contributed by atoms with Crippen molar-refractivity contribution in [2.75, 3.05) is 6.54 Å². The molecule has 0 saturated carbocycles. The van der Waals surface area contributed by atoms with Gasteiger partial charge < -0.3 is 5.32 Å². The van der Waals surface area contributed by atoms with Crippen LogP contribution in [-0.2, 0) is 0 Å². The van der Waals surface area contributed by atoms with E-state index in [2.05, 4.69) is 28.8 Å². The summed E-state index contributed by atoms with van der Waals surface area (Å²) in [5, 5.41) is 3.32. The van der Waals surface area contributed by atoms with Gasteiger partial charge in [-0.2, -0.15) is 0 Å². The van der Waals surface area contributed by atoms with Crippen molar-refractivity contribution in [1.29, 1.82) is 0 Å². The maximum atomic E-state index is 4.29. The molecule has 0 amide bonds. The first-order valence-electron chi connectivity index (χ1n) is 4.90. The summed E-state index contributed by atoms with van der Waals surface area (Å²) in [6, 6.07) is 0.193. The molecule has 1 unspecified atom stereocenters. The lowest BCUT2D eigenvalue weighted by Gasteiger charge is -2.13. The van der Waals surface area contributed by atoms with Crippen LogP contribution in [0, 0.1) is 6.92 Å². The fourth-order valence-electron chi connectivity index (χ4n) is 1.28. The third kappa shape index (κ3) is 2.92. The second kappa shape index (κ2) is 5.50. The molecule has 76 valence electrons. The Kier molecular flexibility index (Phi) is 4.26. The van der Waals surface area contributed by atoms with Crippen molar-refractivity contribution >= 4 is 0 Å². The van der Waals surface area contributed by atoms with E-state index in [-0.39, 0.29) is 6.04 Å². The second-order valence-electron chi connectivity index (χ2n) is 3.25. The number of nitrogens with zero attached hydrogens (tertiary/aromatic N) is 2. The molecule has 0 bridgehead atoms. The molecule has 1 atom stereocenters. The Morgan fingerprint density at radius 1 is 1.50 bits per heavy atom. The van der Waals surface area contributed by atoms with Crippen molar-refractivity contribution < 1.29 is 0 Å². The zero-order valence-corrected chi connectivity index (χ0v) is 8.83. The summed E-state index contributed by atoms with van der Waals surface area (Å²) in [6.07, 6.45) is 6.43. The fourth-order valence-corrected chi connectivity index (χ4v) is 1.28. The van der Waals surface area contributed by atoms with Gasteiger partial charge in [-0.3, -0.25) is 0 Å². The minimum atomic E-state index is 0.193. The number of aromatic nitrogens is 2. The van der Waals surface area contributed by atoms with E-state index in [0.717, 1.165) is 24.4 Å². The number of hydrogen-bond acceptors (Lipinski definition) is 3. The van der Waals surface area contributed by atoms with Gasteiger partial charge >= 0.3 is 0 Å². The average molecular weight is 191 g/mol. The monoisotopic (exact) mass is 191 g/mol. The van der Waals surface area contributed by atoms with Crippen LogP contribution in [0.4, 0.5) is 0 Å². The van der Waals surface area contributed by atoms with Crippen LogP contribution in [0.2, 0.25) is 0 Å². The predicted octanol–water partition coefficient (Wildman–Crippen LogP) is 2.01. The third-order valence-corrected chi connectivity index (χ3v) is 1.97. The minimum Gasteiger partial charge on any atom is -0.307 e. The lowest BCUT2D eigenvalue weighted by Crippen LogP contribution is -2.22. The summed E-state index contributed by atoms with van der Waals surface area (Å²) in [5.74, 6) is 0.845. The highest BCUT2D eigenvalue weighted by Gasteiger charge is 2.10. The summed E-state index contributed by atoms with van der Waals surface area (Å²) >= 11 is 0. The first-order valence-corrected chi connectivity index (χ1v) is 4.90. The highest BCUT2D eigenvalue weighted by Crippen LogP contribution is 2.11. The Hall–Kier alpha value is -1.22. The number of rotatable bonds is 5. The zero-order valence-electron chi connectivity index (χ0n) is 8.83. The van der Waals surface area contributed by atoms with E-state index in [1.807, 2.05) is 25.4 Å². The molecule has 1 rings (SSSR count). The Balaban J connectivity index is 2.76. The largest absolute Gasteiger partial charge is 0.307 e. The molecule has 0 aliphatic heterocycles. The molecule has 0 aromatic carbocycles. The number of nitrogens with one attached hydrogen (secondary N) is 1. The molecule has 1 aromatic rings. The van der Waals surface area contributed by atoms with E-state index >= 15 is 0 Å². The van der Waals surface area contributed by atoms with Gasteiger partial charge in [0.1, 0.15) is 5.82 Å². The Bertz CT molecular complexity index is 279. The Morgan fingerprint density at radius 2 is 2.14 bits per heavy atom. The molecular formula is C11H17N3. The van der Waals surface area contributed by atoms with Gasteiger partial charge in [0.2, 0.25) is 0 Å². The second-order valence-corrected chi connectivity index (χ2v) is 3.25. The molecule has 3 heteroatoms. The van der Waals surface area contributed by atoms with Crippen molar-refractivity contribution in [2.24, 2.45) is 0 Å². The molecule has 0 spiro atoms.